The predicted octanol–water partition coefficient (Wildman–Crippen LogP) is 4.02. The van der Waals surface area contributed by atoms with E-state index in [0.29, 0.717) is 0 Å². The Hall–Kier alpha value is -2.61. The lowest BCUT2D eigenvalue weighted by Gasteiger charge is -2.20. The van der Waals surface area contributed by atoms with Crippen LogP contribution >= 0.6 is 0 Å². The summed E-state index contributed by atoms with van der Waals surface area (Å²) in [6, 6.07) is 20.1. The van der Waals surface area contributed by atoms with Crippen LogP contribution in [0.1, 0.15) is 21.5 Å². The highest BCUT2D eigenvalue weighted by atomic mass is 16.1. The van der Waals surface area contributed by atoms with Gasteiger partial charge in [-0.3, -0.25) is 4.79 Å². The third-order valence-corrected chi connectivity index (χ3v) is 4.21. The molecule has 2 heteroatoms. The molecule has 0 bridgehead atoms. The van der Waals surface area contributed by atoms with E-state index in [4.69, 9.17) is 0 Å². The van der Waals surface area contributed by atoms with Crippen molar-refractivity contribution < 1.29 is 4.79 Å². The molecule has 0 unspecified atom stereocenters. The van der Waals surface area contributed by atoms with E-state index >= 15 is 0 Å². The molecule has 1 aliphatic rings. The van der Waals surface area contributed by atoms with Crippen molar-refractivity contribution in [3.05, 3.63) is 77.4 Å². The third-order valence-electron chi connectivity index (χ3n) is 4.21. The first-order valence-corrected chi connectivity index (χ1v) is 7.11. The van der Waals surface area contributed by atoms with Gasteiger partial charge in [0.05, 0.1) is 5.56 Å². The smallest absolute Gasteiger partial charge is 0.196 e. The maximum Gasteiger partial charge on any atom is 0.196 e. The van der Waals surface area contributed by atoms with E-state index in [1.807, 2.05) is 49.5 Å². The Morgan fingerprint density at radius 1 is 0.905 bits per heavy atom. The normalized spacial score (nSPS) is 13.8. The number of ketones is 1. The van der Waals surface area contributed by atoms with Crippen molar-refractivity contribution in [2.24, 2.45) is 0 Å². The van der Waals surface area contributed by atoms with Gasteiger partial charge in [-0.15, -0.1) is 0 Å². The van der Waals surface area contributed by atoms with Crippen LogP contribution in [0.4, 0.5) is 5.69 Å². The van der Waals surface area contributed by atoms with E-state index in [0.717, 1.165) is 39.7 Å². The molecule has 0 amide bonds. The molecule has 0 aliphatic carbocycles. The molecule has 0 saturated carbocycles. The molecule has 0 fully saturated rings. The van der Waals surface area contributed by atoms with Crippen molar-refractivity contribution in [3.8, 4) is 0 Å². The zero-order chi connectivity index (χ0) is 14.4. The van der Waals surface area contributed by atoms with E-state index in [1.54, 1.807) is 0 Å². The molecule has 0 spiro atoms. The topological polar surface area (TPSA) is 20.3 Å². The van der Waals surface area contributed by atoms with Crippen LogP contribution in [0.5, 0.6) is 0 Å². The van der Waals surface area contributed by atoms with Gasteiger partial charge in [0.15, 0.2) is 5.78 Å². The molecule has 3 aromatic rings. The summed E-state index contributed by atoms with van der Waals surface area (Å²) in [5.74, 6) is 0.127. The van der Waals surface area contributed by atoms with Gasteiger partial charge in [-0.2, -0.15) is 0 Å². The van der Waals surface area contributed by atoms with Crippen molar-refractivity contribution in [2.45, 2.75) is 6.54 Å². The molecule has 4 rings (SSSR count). The summed E-state index contributed by atoms with van der Waals surface area (Å²) < 4.78 is 0. The lowest BCUT2D eigenvalue weighted by atomic mass is 9.94. The van der Waals surface area contributed by atoms with Crippen molar-refractivity contribution in [1.82, 2.24) is 0 Å². The molecule has 102 valence electrons. The van der Waals surface area contributed by atoms with Crippen molar-refractivity contribution in [3.63, 3.8) is 0 Å². The number of fused-ring (bicyclic) bond motifs is 4. The monoisotopic (exact) mass is 273 g/mol. The molecular formula is C19H15NO. The van der Waals surface area contributed by atoms with Crippen LogP contribution in [-0.4, -0.2) is 12.8 Å². The molecule has 1 aliphatic heterocycles. The molecule has 0 radical (unpaired) electrons. The van der Waals surface area contributed by atoms with Crippen molar-refractivity contribution in [1.29, 1.82) is 0 Å². The quantitative estimate of drug-likeness (QED) is 0.616. The second-order valence-electron chi connectivity index (χ2n) is 5.52. The Bertz CT molecular complexity index is 866. The molecule has 2 nitrogen and oxygen atoms in total. The summed E-state index contributed by atoms with van der Waals surface area (Å²) in [5, 5.41) is 2.14. The van der Waals surface area contributed by atoms with Crippen LogP contribution in [0.25, 0.3) is 10.8 Å². The second kappa shape index (κ2) is 4.45. The highest BCUT2D eigenvalue weighted by molar-refractivity contribution is 6.21. The van der Waals surface area contributed by atoms with Gasteiger partial charge in [-0.25, -0.2) is 0 Å². The first-order valence-electron chi connectivity index (χ1n) is 7.11. The number of hydrogen-bond donors (Lipinski definition) is 0. The fraction of sp³-hybridized carbons (Fsp3) is 0.105. The van der Waals surface area contributed by atoms with Crippen LogP contribution in [0.2, 0.25) is 0 Å². The van der Waals surface area contributed by atoms with Gasteiger partial charge in [0.25, 0.3) is 0 Å². The van der Waals surface area contributed by atoms with E-state index in [-0.39, 0.29) is 5.78 Å². The van der Waals surface area contributed by atoms with Crippen LogP contribution in [0.15, 0.2) is 60.7 Å². The minimum absolute atomic E-state index is 0.127. The molecular weight excluding hydrogens is 258 g/mol. The second-order valence-corrected chi connectivity index (χ2v) is 5.52. The minimum Gasteiger partial charge on any atom is -0.370 e. The van der Waals surface area contributed by atoms with E-state index in [1.165, 1.54) is 0 Å². The van der Waals surface area contributed by atoms with Gasteiger partial charge in [-0.1, -0.05) is 54.6 Å². The van der Waals surface area contributed by atoms with Gasteiger partial charge in [0, 0.05) is 24.8 Å². The number of carbonyl (C=O) groups excluding carboxylic acids is 1. The largest absolute Gasteiger partial charge is 0.370 e. The molecule has 0 N–H and O–H groups in total. The van der Waals surface area contributed by atoms with Gasteiger partial charge in [-0.05, 0) is 22.4 Å². The van der Waals surface area contributed by atoms with E-state index in [9.17, 15) is 4.79 Å². The number of hydrogen-bond acceptors (Lipinski definition) is 2. The summed E-state index contributed by atoms with van der Waals surface area (Å²) in [6.45, 7) is 0.757. The number of anilines is 1. The van der Waals surface area contributed by atoms with Crippen molar-refractivity contribution in [2.75, 3.05) is 11.9 Å². The molecule has 3 aromatic carbocycles. The molecule has 0 atom stereocenters. The van der Waals surface area contributed by atoms with Gasteiger partial charge in [0.2, 0.25) is 0 Å². The highest BCUT2D eigenvalue weighted by Gasteiger charge is 2.25. The fourth-order valence-electron chi connectivity index (χ4n) is 3.17. The van der Waals surface area contributed by atoms with Gasteiger partial charge in [0.1, 0.15) is 0 Å². The highest BCUT2D eigenvalue weighted by Crippen LogP contribution is 2.34. The Kier molecular flexibility index (Phi) is 2.58. The van der Waals surface area contributed by atoms with Crippen LogP contribution in [0, 0.1) is 0 Å². The summed E-state index contributed by atoms with van der Waals surface area (Å²) in [7, 11) is 2.04. The van der Waals surface area contributed by atoms with E-state index < -0.39 is 0 Å². The average molecular weight is 273 g/mol. The Labute approximate surface area is 123 Å². The number of carbonyl (C=O) groups is 1. The molecule has 21 heavy (non-hydrogen) atoms. The zero-order valence-corrected chi connectivity index (χ0v) is 11.8. The Balaban J connectivity index is 2.10. The zero-order valence-electron chi connectivity index (χ0n) is 11.8. The van der Waals surface area contributed by atoms with Crippen LogP contribution < -0.4 is 4.90 Å². The Morgan fingerprint density at radius 2 is 1.67 bits per heavy atom. The standard InChI is InChI=1S/C19H15NO/c1-20-12-14-7-3-5-9-16(14)19(21)18-15-8-4-2-6-13(15)10-11-17(18)20/h2-11H,12H2,1H3. The summed E-state index contributed by atoms with van der Waals surface area (Å²) >= 11 is 0. The van der Waals surface area contributed by atoms with Gasteiger partial charge < -0.3 is 4.90 Å². The fourth-order valence-corrected chi connectivity index (χ4v) is 3.17. The Morgan fingerprint density at radius 3 is 2.57 bits per heavy atom. The third kappa shape index (κ3) is 1.76. The molecule has 0 aromatic heterocycles. The summed E-state index contributed by atoms with van der Waals surface area (Å²) in [4.78, 5) is 15.2. The maximum atomic E-state index is 13.1. The van der Waals surface area contributed by atoms with Gasteiger partial charge >= 0.3 is 0 Å². The minimum atomic E-state index is 0.127. The number of rotatable bonds is 0. The maximum absolute atomic E-state index is 13.1. The lowest BCUT2D eigenvalue weighted by Crippen LogP contribution is -2.16. The van der Waals surface area contributed by atoms with Crippen molar-refractivity contribution >= 4 is 22.2 Å². The number of nitrogens with zero attached hydrogens (tertiary/aromatic N) is 1. The summed E-state index contributed by atoms with van der Waals surface area (Å²) in [5.41, 5.74) is 3.74. The lowest BCUT2D eigenvalue weighted by molar-refractivity contribution is 0.104. The molecule has 0 saturated heterocycles. The SMILES string of the molecule is CN1Cc2ccccc2C(=O)c2c1ccc1ccccc21. The predicted molar refractivity (Wildman–Crippen MR) is 85.9 cm³/mol. The van der Waals surface area contributed by atoms with E-state index in [2.05, 4.69) is 23.1 Å². The first-order chi connectivity index (χ1) is 10.3. The molecule has 1 heterocycles. The van der Waals surface area contributed by atoms with Crippen LogP contribution in [-0.2, 0) is 6.54 Å². The average Bonchev–Trinajstić information content (AvgIpc) is 2.63. The van der Waals surface area contributed by atoms with Crippen LogP contribution in [0.3, 0.4) is 0 Å². The first kappa shape index (κ1) is 12.2. The summed E-state index contributed by atoms with van der Waals surface area (Å²) in [6.07, 6.45) is 0. The number of benzene rings is 3.